The maximum atomic E-state index is 14.1. The van der Waals surface area contributed by atoms with Crippen LogP contribution in [0.3, 0.4) is 0 Å². The zero-order chi connectivity index (χ0) is 49.2. The number of nitrogens with two attached hydrogens (primary N) is 1. The van der Waals surface area contributed by atoms with E-state index in [0.29, 0.717) is 66.3 Å². The van der Waals surface area contributed by atoms with Gasteiger partial charge >= 0.3 is 6.09 Å². The van der Waals surface area contributed by atoms with Crippen molar-refractivity contribution < 1.29 is 52.8 Å². The van der Waals surface area contributed by atoms with Gasteiger partial charge in [0.1, 0.15) is 12.6 Å². The molecular formula is C50H63N7O11. The van der Waals surface area contributed by atoms with Gasteiger partial charge in [0.15, 0.2) is 29.2 Å². The number of carbonyl (C=O) groups is 5. The van der Waals surface area contributed by atoms with E-state index < -0.39 is 42.1 Å². The van der Waals surface area contributed by atoms with Crippen molar-refractivity contribution in [2.75, 3.05) is 44.2 Å². The van der Waals surface area contributed by atoms with Gasteiger partial charge in [0.05, 0.1) is 68.6 Å². The number of aliphatic hydroxyl groups is 1. The molecule has 4 atom stereocenters. The van der Waals surface area contributed by atoms with Gasteiger partial charge in [-0.3, -0.25) is 24.2 Å². The van der Waals surface area contributed by atoms with Crippen molar-refractivity contribution in [2.45, 2.75) is 105 Å². The number of fused-ring (bicyclic) bond motifs is 3. The van der Waals surface area contributed by atoms with Gasteiger partial charge in [-0.1, -0.05) is 44.1 Å². The second kappa shape index (κ2) is 22.7. The number of hydrogen-bond donors (Lipinski definition) is 4. The lowest BCUT2D eigenvalue weighted by atomic mass is 10.0. The molecule has 3 aromatic rings. The van der Waals surface area contributed by atoms with Crippen LogP contribution in [0, 0.1) is 5.92 Å². The average molecular weight is 938 g/mol. The van der Waals surface area contributed by atoms with Crippen LogP contribution >= 0.6 is 0 Å². The molecule has 0 spiro atoms. The Labute approximate surface area is 397 Å². The number of aliphatic hydroxyl groups excluding tert-OH is 1. The third-order valence-corrected chi connectivity index (χ3v) is 11.9. The Morgan fingerprint density at radius 3 is 2.18 bits per heavy atom. The van der Waals surface area contributed by atoms with Crippen LogP contribution in [0.15, 0.2) is 77.1 Å². The maximum absolute atomic E-state index is 14.1. The topological polar surface area (TPSA) is 224 Å². The average Bonchev–Trinajstić information content (AvgIpc) is 3.61. The van der Waals surface area contributed by atoms with Crippen LogP contribution in [0.25, 0.3) is 0 Å². The summed E-state index contributed by atoms with van der Waals surface area (Å²) in [5.74, 6) is -0.139. The largest absolute Gasteiger partial charge is 0.493 e. The number of carbonyl (C=O) groups excluding carboxylic acids is 5. The number of unbranched alkanes of at least 4 members (excludes halogenated alkanes) is 2. The van der Waals surface area contributed by atoms with Crippen LogP contribution in [-0.4, -0.2) is 109 Å². The summed E-state index contributed by atoms with van der Waals surface area (Å²) in [6.45, 7) is 11.2. The number of β-amino-alcohol motifs (C(OH)–C–C–N with tert-alkyl or cyclic N) is 1. The molecule has 0 fully saturated rings. The molecule has 18 heteroatoms. The number of anilines is 2. The standard InChI is InChI=1S/C50H63N7O11/c1-9-30(4)25-55-27-44(58)57(50(63)68-28-33-13-15-34(16-14-33)54-46(59)32(6)53-47(60)45(51)29(2)3)39-23-43(41(65-8)21-37(39)48(55)61)67-18-12-10-11-17-66-42-22-38-36(20-40(42)64-7)49(62)56-26-31(5)19-35(56)24-52-38/h13-16,20-26,29,32,35,44-45,58H,9-12,17-19,27-28,51H2,1-8H3,(H,53,60)(H,54,59)/b30-25-/t32-,35-,44-,45-/m0/s1. The number of benzene rings is 3. The van der Waals surface area contributed by atoms with Crippen LogP contribution in [0.4, 0.5) is 21.9 Å². The fraction of sp³-hybridized carbons (Fsp3) is 0.440. The number of hydrogen-bond acceptors (Lipinski definition) is 13. The smallest absolute Gasteiger partial charge is 0.416 e. The molecule has 0 saturated heterocycles. The van der Waals surface area contributed by atoms with Crippen molar-refractivity contribution in [3.8, 4) is 23.0 Å². The van der Waals surface area contributed by atoms with Crippen molar-refractivity contribution in [1.29, 1.82) is 0 Å². The Hall–Kier alpha value is -6.92. The minimum absolute atomic E-state index is 0.0723. The predicted molar refractivity (Wildman–Crippen MR) is 257 cm³/mol. The van der Waals surface area contributed by atoms with Crippen molar-refractivity contribution in [2.24, 2.45) is 16.6 Å². The molecule has 3 heterocycles. The van der Waals surface area contributed by atoms with Crippen molar-refractivity contribution >= 4 is 53.0 Å². The molecule has 18 nitrogen and oxygen atoms in total. The van der Waals surface area contributed by atoms with Crippen molar-refractivity contribution in [3.63, 3.8) is 0 Å². The number of nitrogens with one attached hydrogen (secondary N) is 2. The Morgan fingerprint density at radius 2 is 1.54 bits per heavy atom. The van der Waals surface area contributed by atoms with Crippen molar-refractivity contribution in [1.82, 2.24) is 15.1 Å². The molecule has 0 aromatic heterocycles. The molecule has 3 aliphatic rings. The molecule has 0 radical (unpaired) electrons. The highest BCUT2D eigenvalue weighted by Gasteiger charge is 2.37. The highest BCUT2D eigenvalue weighted by molar-refractivity contribution is 6.06. The predicted octanol–water partition coefficient (Wildman–Crippen LogP) is 6.82. The van der Waals surface area contributed by atoms with E-state index in [4.69, 9.17) is 29.4 Å². The Kier molecular flexibility index (Phi) is 16.9. The van der Waals surface area contributed by atoms with Gasteiger partial charge in [-0.05, 0) is 88.6 Å². The van der Waals surface area contributed by atoms with E-state index in [1.54, 1.807) is 60.6 Å². The molecule has 0 bridgehead atoms. The number of allylic oxidation sites excluding steroid dienone is 1. The highest BCUT2D eigenvalue weighted by Crippen LogP contribution is 2.40. The minimum atomic E-state index is -1.51. The quantitative estimate of drug-likeness (QED) is 0.0909. The molecule has 0 aliphatic carbocycles. The molecule has 5 amide bonds. The Balaban J connectivity index is 1.09. The normalized spacial score (nSPS) is 17.5. The van der Waals surface area contributed by atoms with E-state index in [1.807, 2.05) is 40.8 Å². The van der Waals surface area contributed by atoms with Gasteiger partial charge in [-0.2, -0.15) is 0 Å². The summed E-state index contributed by atoms with van der Waals surface area (Å²) >= 11 is 0. The van der Waals surface area contributed by atoms with Gasteiger partial charge in [-0.25, -0.2) is 9.69 Å². The second-order valence-electron chi connectivity index (χ2n) is 17.4. The first-order valence-electron chi connectivity index (χ1n) is 22.8. The van der Waals surface area contributed by atoms with E-state index in [0.717, 1.165) is 22.5 Å². The van der Waals surface area contributed by atoms with E-state index in [1.165, 1.54) is 31.3 Å². The zero-order valence-corrected chi connectivity index (χ0v) is 40.0. The number of amides is 5. The third kappa shape index (κ3) is 12.0. The molecule has 0 saturated carbocycles. The Morgan fingerprint density at radius 1 is 0.897 bits per heavy atom. The molecule has 364 valence electrons. The van der Waals surface area contributed by atoms with E-state index in [-0.39, 0.29) is 60.4 Å². The lowest BCUT2D eigenvalue weighted by molar-refractivity contribution is -0.127. The fourth-order valence-electron chi connectivity index (χ4n) is 7.66. The van der Waals surface area contributed by atoms with Crippen LogP contribution in [0.1, 0.15) is 99.9 Å². The first kappa shape index (κ1) is 50.5. The van der Waals surface area contributed by atoms with E-state index in [9.17, 15) is 29.1 Å². The number of rotatable bonds is 19. The van der Waals surface area contributed by atoms with E-state index in [2.05, 4.69) is 15.6 Å². The molecule has 3 aromatic carbocycles. The highest BCUT2D eigenvalue weighted by atomic mass is 16.6. The van der Waals surface area contributed by atoms with Crippen molar-refractivity contribution in [3.05, 3.63) is 88.8 Å². The summed E-state index contributed by atoms with van der Waals surface area (Å²) in [6.07, 6.45) is 6.27. The summed E-state index contributed by atoms with van der Waals surface area (Å²) in [7, 11) is 2.98. The monoisotopic (exact) mass is 937 g/mol. The van der Waals surface area contributed by atoms with Crippen LogP contribution in [0.5, 0.6) is 23.0 Å². The fourth-order valence-corrected chi connectivity index (χ4v) is 7.66. The number of ether oxygens (including phenoxy) is 5. The lowest BCUT2D eigenvalue weighted by Gasteiger charge is -2.27. The van der Waals surface area contributed by atoms with Crippen LogP contribution in [0.2, 0.25) is 0 Å². The summed E-state index contributed by atoms with van der Waals surface area (Å²) in [5.41, 5.74) is 10.1. The maximum Gasteiger partial charge on any atom is 0.416 e. The molecule has 5 N–H and O–H groups in total. The first-order chi connectivity index (χ1) is 32.5. The molecule has 68 heavy (non-hydrogen) atoms. The van der Waals surface area contributed by atoms with Gasteiger partial charge in [-0.15, -0.1) is 0 Å². The number of nitrogens with zero attached hydrogens (tertiary/aromatic N) is 4. The summed E-state index contributed by atoms with van der Waals surface area (Å²) in [4.78, 5) is 75.2. The minimum Gasteiger partial charge on any atom is -0.493 e. The molecule has 3 aliphatic heterocycles. The van der Waals surface area contributed by atoms with Gasteiger partial charge < -0.3 is 55.0 Å². The molecule has 6 rings (SSSR count). The SMILES string of the molecule is CC/C(C)=C\N1C[C@H](O)N(C(=O)OCc2ccc(NC(=O)[C@H](C)NC(=O)[C@@H](N)C(C)C)cc2)c2cc(OCCCCCOc3cc4c(cc3OC)C(=O)N3C=C(C)C[C@H]3C=N4)c(OC)cc2C1=O. The summed E-state index contributed by atoms with van der Waals surface area (Å²) in [6, 6.07) is 11.3. The summed E-state index contributed by atoms with van der Waals surface area (Å²) in [5, 5.41) is 16.9. The van der Waals surface area contributed by atoms with Crippen LogP contribution < -0.4 is 40.2 Å². The lowest BCUT2D eigenvalue weighted by Crippen LogP contribution is -2.50. The third-order valence-electron chi connectivity index (χ3n) is 11.9. The van der Waals surface area contributed by atoms with Crippen LogP contribution in [-0.2, 0) is 20.9 Å². The Bertz CT molecular complexity index is 2450. The molecular weight excluding hydrogens is 875 g/mol. The van der Waals surface area contributed by atoms with Gasteiger partial charge in [0.2, 0.25) is 11.8 Å². The first-order valence-corrected chi connectivity index (χ1v) is 22.8. The van der Waals surface area contributed by atoms with E-state index >= 15 is 0 Å². The number of aliphatic imine (C=N–C) groups is 1. The summed E-state index contributed by atoms with van der Waals surface area (Å²) < 4.78 is 29.3. The second-order valence-corrected chi connectivity index (χ2v) is 17.4. The van der Waals surface area contributed by atoms with Gasteiger partial charge in [0, 0.05) is 36.4 Å². The zero-order valence-electron chi connectivity index (χ0n) is 40.0. The van der Waals surface area contributed by atoms with Gasteiger partial charge in [0.25, 0.3) is 11.8 Å². The molecule has 0 unspecified atom stereocenters. The number of methoxy groups -OCH3 is 2.